The first-order chi connectivity index (χ1) is 12.2. The molecule has 0 aliphatic heterocycles. The molecule has 1 atom stereocenters. The predicted molar refractivity (Wildman–Crippen MR) is 102 cm³/mol. The van der Waals surface area contributed by atoms with Crippen LogP contribution in [0.5, 0.6) is 5.75 Å². The van der Waals surface area contributed by atoms with Gasteiger partial charge in [-0.25, -0.2) is 13.0 Å². The first-order valence-electron chi connectivity index (χ1n) is 8.24. The van der Waals surface area contributed by atoms with Gasteiger partial charge in [0.25, 0.3) is 6.43 Å². The van der Waals surface area contributed by atoms with E-state index < -0.39 is 22.2 Å². The van der Waals surface area contributed by atoms with Crippen molar-refractivity contribution in [3.63, 3.8) is 0 Å². The Balaban J connectivity index is 2.30. The van der Waals surface area contributed by atoms with Gasteiger partial charge in [-0.1, -0.05) is 30.3 Å². The third-order valence-corrected chi connectivity index (χ3v) is 5.08. The summed E-state index contributed by atoms with van der Waals surface area (Å²) in [6.07, 6.45) is -2.63. The summed E-state index contributed by atoms with van der Waals surface area (Å²) < 4.78 is 48.0. The summed E-state index contributed by atoms with van der Waals surface area (Å²) in [4.78, 5) is 0. The van der Waals surface area contributed by atoms with E-state index in [0.29, 0.717) is 17.0 Å². The largest absolute Gasteiger partial charge is 0.489 e. The van der Waals surface area contributed by atoms with Gasteiger partial charge in [0.1, 0.15) is 23.3 Å². The van der Waals surface area contributed by atoms with Crippen LogP contribution in [0, 0.1) is 0 Å². The molecule has 0 N–H and O–H groups in total. The summed E-state index contributed by atoms with van der Waals surface area (Å²) in [5, 5.41) is 0. The Bertz CT molecular complexity index is 799. The zero-order valence-electron chi connectivity index (χ0n) is 15.3. The van der Waals surface area contributed by atoms with Crippen LogP contribution in [0.1, 0.15) is 50.8 Å². The van der Waals surface area contributed by atoms with Crippen molar-refractivity contribution in [2.45, 2.75) is 45.5 Å². The van der Waals surface area contributed by atoms with E-state index in [1.54, 1.807) is 13.0 Å². The van der Waals surface area contributed by atoms with Crippen LogP contribution in [0.15, 0.2) is 52.9 Å². The molecule has 0 aliphatic rings. The van der Waals surface area contributed by atoms with Gasteiger partial charge in [0.15, 0.2) is 0 Å². The SMILES string of the molecule is C/C(=N\[S@](=O)C(C)(C)C)c1cc(OCc2ccccc2)cc(C(F)F)c1. The maximum Gasteiger partial charge on any atom is 0.264 e. The van der Waals surface area contributed by atoms with E-state index in [1.807, 2.05) is 51.1 Å². The molecule has 2 aromatic carbocycles. The van der Waals surface area contributed by atoms with E-state index in [9.17, 15) is 13.0 Å². The maximum atomic E-state index is 13.3. The molecule has 0 unspecified atom stereocenters. The fraction of sp³-hybridized carbons (Fsp3) is 0.350. The van der Waals surface area contributed by atoms with Gasteiger partial charge in [-0.15, -0.1) is 0 Å². The van der Waals surface area contributed by atoms with Gasteiger partial charge < -0.3 is 4.74 Å². The molecule has 0 spiro atoms. The van der Waals surface area contributed by atoms with Crippen LogP contribution < -0.4 is 4.74 Å². The molecule has 0 fully saturated rings. The third-order valence-electron chi connectivity index (χ3n) is 3.59. The second kappa shape index (κ2) is 8.54. The Labute approximate surface area is 155 Å². The lowest BCUT2D eigenvalue weighted by Crippen LogP contribution is -2.20. The predicted octanol–water partition coefficient (Wildman–Crippen LogP) is 5.47. The number of ether oxygens (including phenoxy) is 1. The summed E-state index contributed by atoms with van der Waals surface area (Å²) in [5.41, 5.74) is 1.70. The summed E-state index contributed by atoms with van der Waals surface area (Å²) in [7, 11) is -1.47. The van der Waals surface area contributed by atoms with Crippen LogP contribution in [-0.2, 0) is 17.6 Å². The Hall–Kier alpha value is -2.08. The molecular formula is C20H23F2NO2S. The van der Waals surface area contributed by atoms with E-state index in [2.05, 4.69) is 4.40 Å². The Morgan fingerprint density at radius 2 is 1.81 bits per heavy atom. The molecule has 140 valence electrons. The zero-order chi connectivity index (χ0) is 19.3. The van der Waals surface area contributed by atoms with E-state index in [0.717, 1.165) is 5.56 Å². The number of benzene rings is 2. The van der Waals surface area contributed by atoms with E-state index in [1.165, 1.54) is 12.1 Å². The molecule has 0 radical (unpaired) electrons. The second-order valence-electron chi connectivity index (χ2n) is 6.90. The van der Waals surface area contributed by atoms with Crippen molar-refractivity contribution in [3.8, 4) is 5.75 Å². The Morgan fingerprint density at radius 1 is 1.15 bits per heavy atom. The molecule has 0 saturated heterocycles. The molecule has 0 amide bonds. The molecule has 2 aromatic rings. The quantitative estimate of drug-likeness (QED) is 0.624. The molecule has 0 saturated carbocycles. The molecule has 2 rings (SSSR count). The standard InChI is InChI=1S/C20H23F2NO2S/c1-14(23-26(24)20(2,3)4)16-10-17(19(21)22)12-18(11-16)25-13-15-8-6-5-7-9-15/h5-12,19H,13H2,1-4H3/b23-14+/t26-/m1/s1. The number of rotatable bonds is 6. The van der Waals surface area contributed by atoms with Crippen LogP contribution in [-0.4, -0.2) is 14.7 Å². The highest BCUT2D eigenvalue weighted by Crippen LogP contribution is 2.27. The van der Waals surface area contributed by atoms with Gasteiger partial charge in [0, 0.05) is 11.1 Å². The lowest BCUT2D eigenvalue weighted by Gasteiger charge is -2.15. The molecule has 0 heterocycles. The Kier molecular flexibility index (Phi) is 6.64. The van der Waals surface area contributed by atoms with E-state index >= 15 is 0 Å². The third kappa shape index (κ3) is 5.73. The van der Waals surface area contributed by atoms with E-state index in [-0.39, 0.29) is 12.2 Å². The summed E-state index contributed by atoms with van der Waals surface area (Å²) in [6, 6.07) is 13.8. The van der Waals surface area contributed by atoms with Gasteiger partial charge in [0.05, 0.1) is 10.5 Å². The average Bonchev–Trinajstić information content (AvgIpc) is 2.59. The van der Waals surface area contributed by atoms with Crippen LogP contribution in [0.3, 0.4) is 0 Å². The molecule has 0 bridgehead atoms. The molecule has 6 heteroatoms. The lowest BCUT2D eigenvalue weighted by atomic mass is 10.1. The van der Waals surface area contributed by atoms with Gasteiger partial charge in [0.2, 0.25) is 0 Å². The number of hydrogen-bond acceptors (Lipinski definition) is 2. The van der Waals surface area contributed by atoms with Crippen molar-refractivity contribution in [1.29, 1.82) is 0 Å². The minimum Gasteiger partial charge on any atom is -0.489 e. The van der Waals surface area contributed by atoms with Gasteiger partial charge in [-0.05, 0) is 51.5 Å². The number of halogens is 2. The van der Waals surface area contributed by atoms with Crippen molar-refractivity contribution in [3.05, 3.63) is 65.2 Å². The lowest BCUT2D eigenvalue weighted by molar-refractivity contribution is 0.150. The Morgan fingerprint density at radius 3 is 2.38 bits per heavy atom. The van der Waals surface area contributed by atoms with Crippen molar-refractivity contribution in [2.24, 2.45) is 4.40 Å². The molecule has 3 nitrogen and oxygen atoms in total. The van der Waals surface area contributed by atoms with Crippen molar-refractivity contribution >= 4 is 16.7 Å². The monoisotopic (exact) mass is 379 g/mol. The molecule has 0 aliphatic carbocycles. The van der Waals surface area contributed by atoms with Gasteiger partial charge in [-0.3, -0.25) is 0 Å². The number of nitrogens with zero attached hydrogens (tertiary/aromatic N) is 1. The molecule has 26 heavy (non-hydrogen) atoms. The van der Waals surface area contributed by atoms with Crippen molar-refractivity contribution < 1.29 is 17.7 Å². The topological polar surface area (TPSA) is 38.7 Å². The summed E-state index contributed by atoms with van der Waals surface area (Å²) in [5.74, 6) is 0.331. The van der Waals surface area contributed by atoms with Crippen LogP contribution in [0.4, 0.5) is 8.78 Å². The van der Waals surface area contributed by atoms with Gasteiger partial charge >= 0.3 is 0 Å². The van der Waals surface area contributed by atoms with Crippen LogP contribution in [0.25, 0.3) is 0 Å². The fourth-order valence-corrected chi connectivity index (χ4v) is 2.72. The second-order valence-corrected chi connectivity index (χ2v) is 8.81. The van der Waals surface area contributed by atoms with Crippen molar-refractivity contribution in [1.82, 2.24) is 0 Å². The summed E-state index contributed by atoms with van der Waals surface area (Å²) in [6.45, 7) is 7.36. The minimum atomic E-state index is -2.63. The number of alkyl halides is 2. The first kappa shape index (κ1) is 20.2. The normalized spacial score (nSPS) is 13.7. The number of hydrogen-bond donors (Lipinski definition) is 0. The first-order valence-corrected chi connectivity index (χ1v) is 9.35. The smallest absolute Gasteiger partial charge is 0.264 e. The van der Waals surface area contributed by atoms with Crippen LogP contribution in [0.2, 0.25) is 0 Å². The molecular weight excluding hydrogens is 356 g/mol. The maximum absolute atomic E-state index is 13.3. The van der Waals surface area contributed by atoms with E-state index in [4.69, 9.17) is 4.74 Å². The highest BCUT2D eigenvalue weighted by atomic mass is 32.2. The summed E-state index contributed by atoms with van der Waals surface area (Å²) >= 11 is 0. The average molecular weight is 379 g/mol. The highest BCUT2D eigenvalue weighted by molar-refractivity contribution is 7.85. The van der Waals surface area contributed by atoms with Crippen molar-refractivity contribution in [2.75, 3.05) is 0 Å². The molecule has 0 aromatic heterocycles. The van der Waals surface area contributed by atoms with Gasteiger partial charge in [-0.2, -0.15) is 4.40 Å². The fourth-order valence-electron chi connectivity index (χ4n) is 2.10. The minimum absolute atomic E-state index is 0.151. The van der Waals surface area contributed by atoms with Crippen LogP contribution >= 0.6 is 0 Å². The zero-order valence-corrected chi connectivity index (χ0v) is 16.1. The highest BCUT2D eigenvalue weighted by Gasteiger charge is 2.20.